The highest BCUT2D eigenvalue weighted by molar-refractivity contribution is 6.37. The highest BCUT2D eigenvalue weighted by Crippen LogP contribution is 2.47. The minimum absolute atomic E-state index is 0.667. The first kappa shape index (κ1) is 25.4. The maximum absolute atomic E-state index is 6.40. The second-order valence-corrected chi connectivity index (χ2v) is 12.9. The van der Waals surface area contributed by atoms with Crippen LogP contribution in [0.15, 0.2) is 150 Å². The van der Waals surface area contributed by atoms with Crippen molar-refractivity contribution in [2.45, 2.75) is 0 Å². The lowest BCUT2D eigenvalue weighted by atomic mass is 9.98. The van der Waals surface area contributed by atoms with Crippen molar-refractivity contribution in [3.63, 3.8) is 0 Å². The summed E-state index contributed by atoms with van der Waals surface area (Å²) in [5.74, 6) is 0.667. The molecule has 0 aliphatic carbocycles. The van der Waals surface area contributed by atoms with Gasteiger partial charge in [-0.2, -0.15) is 0 Å². The zero-order valence-corrected chi connectivity index (χ0v) is 26.1. The van der Waals surface area contributed by atoms with Gasteiger partial charge in [-0.25, -0.2) is 9.97 Å². The number of aromatic nitrogens is 4. The number of furan rings is 1. The standard InChI is InChI=1S/C44H24N4O/c1-2-12-25(13-3-1)39-43-40(31-18-8-11-21-36(31)49-43)46-44(45-39)26-22-23-34-35(24-26)48-33-20-10-7-17-30(33)38-28-15-5-4-14-27(28)37-29-16-6-9-19-32(29)47(34)41(37)42(38)48/h1-24H. The van der Waals surface area contributed by atoms with Gasteiger partial charge in [-0.1, -0.05) is 103 Å². The van der Waals surface area contributed by atoms with E-state index in [0.717, 1.165) is 44.3 Å². The van der Waals surface area contributed by atoms with Crippen molar-refractivity contribution >= 4 is 87.5 Å². The Balaban J connectivity index is 1.28. The molecule has 12 rings (SSSR count). The number of benzene rings is 7. The van der Waals surface area contributed by atoms with Gasteiger partial charge in [0.25, 0.3) is 0 Å². The van der Waals surface area contributed by atoms with Crippen molar-refractivity contribution in [2.24, 2.45) is 0 Å². The molecule has 0 amide bonds. The van der Waals surface area contributed by atoms with Crippen molar-refractivity contribution < 1.29 is 4.42 Å². The summed E-state index contributed by atoms with van der Waals surface area (Å²) < 4.78 is 11.3. The molecule has 0 aliphatic heterocycles. The molecule has 5 nitrogen and oxygen atoms in total. The summed E-state index contributed by atoms with van der Waals surface area (Å²) in [6, 6.07) is 51.6. The molecule has 0 bridgehead atoms. The first-order valence-corrected chi connectivity index (χ1v) is 16.6. The Morgan fingerprint density at radius 2 is 1.00 bits per heavy atom. The molecule has 226 valence electrons. The fraction of sp³-hybridized carbons (Fsp3) is 0. The van der Waals surface area contributed by atoms with Gasteiger partial charge in [0, 0.05) is 38.1 Å². The summed E-state index contributed by atoms with van der Waals surface area (Å²) in [7, 11) is 0. The topological polar surface area (TPSA) is 47.7 Å². The lowest BCUT2D eigenvalue weighted by Gasteiger charge is -2.14. The lowest BCUT2D eigenvalue weighted by Crippen LogP contribution is -1.99. The predicted molar refractivity (Wildman–Crippen MR) is 201 cm³/mol. The number of hydrogen-bond donors (Lipinski definition) is 0. The molecule has 0 aliphatic rings. The Morgan fingerprint density at radius 3 is 1.69 bits per heavy atom. The molecule has 0 saturated heterocycles. The van der Waals surface area contributed by atoms with E-state index in [4.69, 9.17) is 14.4 Å². The van der Waals surface area contributed by atoms with Crippen molar-refractivity contribution in [3.8, 4) is 22.6 Å². The minimum Gasteiger partial charge on any atom is -0.452 e. The quantitative estimate of drug-likeness (QED) is 0.180. The Morgan fingerprint density at radius 1 is 0.429 bits per heavy atom. The molecule has 0 fully saturated rings. The van der Waals surface area contributed by atoms with Crippen LogP contribution in [0.1, 0.15) is 0 Å². The van der Waals surface area contributed by atoms with E-state index in [0.29, 0.717) is 11.4 Å². The Labute approximate surface area is 278 Å². The van der Waals surface area contributed by atoms with E-state index in [9.17, 15) is 0 Å². The third-order valence-electron chi connectivity index (χ3n) is 10.4. The van der Waals surface area contributed by atoms with E-state index in [1.54, 1.807) is 0 Å². The molecule has 0 N–H and O–H groups in total. The van der Waals surface area contributed by atoms with Crippen LogP contribution in [0.4, 0.5) is 0 Å². The van der Waals surface area contributed by atoms with Crippen LogP contribution in [-0.2, 0) is 0 Å². The molecule has 0 atom stereocenters. The highest BCUT2D eigenvalue weighted by atomic mass is 16.3. The lowest BCUT2D eigenvalue weighted by molar-refractivity contribution is 0.667. The van der Waals surface area contributed by atoms with E-state index in [1.165, 1.54) is 54.4 Å². The number of rotatable bonds is 2. The molecule has 7 aromatic carbocycles. The van der Waals surface area contributed by atoms with Crippen molar-refractivity contribution in [3.05, 3.63) is 146 Å². The maximum Gasteiger partial charge on any atom is 0.180 e. The Bertz CT molecular complexity index is 3320. The molecule has 0 unspecified atom stereocenters. The SMILES string of the molecule is c1ccc(-c2nc(-c3ccc4c(c3)n3c5ccccc5c5c6ccccc6c6c7ccccc7n4c6c53)nc3c2oc2ccccc23)cc1. The molecule has 0 saturated carbocycles. The summed E-state index contributed by atoms with van der Waals surface area (Å²) in [6.45, 7) is 0. The van der Waals surface area contributed by atoms with Crippen molar-refractivity contribution in [2.75, 3.05) is 0 Å². The van der Waals surface area contributed by atoms with Gasteiger partial charge in [-0.05, 0) is 53.2 Å². The second kappa shape index (κ2) is 9.00. The third kappa shape index (κ3) is 3.15. The number of fused-ring (bicyclic) bond motifs is 15. The van der Waals surface area contributed by atoms with Gasteiger partial charge in [0.05, 0.1) is 33.1 Å². The molecule has 0 radical (unpaired) electrons. The average Bonchev–Trinajstić information content (AvgIpc) is 3.83. The maximum atomic E-state index is 6.40. The highest BCUT2D eigenvalue weighted by Gasteiger charge is 2.25. The molecule has 0 spiro atoms. The third-order valence-corrected chi connectivity index (χ3v) is 10.4. The van der Waals surface area contributed by atoms with Crippen LogP contribution in [0.2, 0.25) is 0 Å². The zero-order chi connectivity index (χ0) is 31.8. The van der Waals surface area contributed by atoms with Gasteiger partial charge in [0.15, 0.2) is 11.4 Å². The number of nitrogens with zero attached hydrogens (tertiary/aromatic N) is 4. The predicted octanol–water partition coefficient (Wildman–Crippen LogP) is 11.4. The smallest absolute Gasteiger partial charge is 0.180 e. The monoisotopic (exact) mass is 624 g/mol. The van der Waals surface area contributed by atoms with E-state index in [-0.39, 0.29) is 0 Å². The Kier molecular flexibility index (Phi) is 4.66. The normalized spacial score (nSPS) is 12.5. The van der Waals surface area contributed by atoms with Crippen LogP contribution in [0.5, 0.6) is 0 Å². The summed E-state index contributed by atoms with van der Waals surface area (Å²) in [4.78, 5) is 10.4. The molecular formula is C44H24N4O. The van der Waals surface area contributed by atoms with Crippen LogP contribution in [0, 0.1) is 0 Å². The second-order valence-electron chi connectivity index (χ2n) is 12.9. The molecule has 5 heteroatoms. The van der Waals surface area contributed by atoms with Gasteiger partial charge in [-0.3, -0.25) is 0 Å². The summed E-state index contributed by atoms with van der Waals surface area (Å²) in [5.41, 5.74) is 12.2. The zero-order valence-electron chi connectivity index (χ0n) is 26.1. The Hall–Kier alpha value is -6.72. The van der Waals surface area contributed by atoms with Crippen LogP contribution >= 0.6 is 0 Å². The van der Waals surface area contributed by atoms with Crippen LogP contribution in [-0.4, -0.2) is 18.8 Å². The molecule has 5 aromatic heterocycles. The van der Waals surface area contributed by atoms with Crippen LogP contribution < -0.4 is 0 Å². The van der Waals surface area contributed by atoms with Crippen LogP contribution in [0.25, 0.3) is 110 Å². The first-order valence-electron chi connectivity index (χ1n) is 16.6. The molecule has 49 heavy (non-hydrogen) atoms. The average molecular weight is 625 g/mol. The van der Waals surface area contributed by atoms with E-state index in [2.05, 4.69) is 118 Å². The van der Waals surface area contributed by atoms with E-state index in [1.807, 2.05) is 36.4 Å². The fourth-order valence-corrected chi connectivity index (χ4v) is 8.44. The number of para-hydroxylation sites is 3. The molecule has 12 aromatic rings. The first-order chi connectivity index (χ1) is 24.3. The van der Waals surface area contributed by atoms with Crippen molar-refractivity contribution in [1.82, 2.24) is 18.8 Å². The molecule has 5 heterocycles. The van der Waals surface area contributed by atoms with Gasteiger partial charge in [0.1, 0.15) is 16.8 Å². The fourth-order valence-electron chi connectivity index (χ4n) is 8.44. The van der Waals surface area contributed by atoms with Crippen LogP contribution in [0.3, 0.4) is 0 Å². The van der Waals surface area contributed by atoms with Crippen molar-refractivity contribution in [1.29, 1.82) is 0 Å². The minimum atomic E-state index is 0.667. The summed E-state index contributed by atoms with van der Waals surface area (Å²) in [6.07, 6.45) is 0. The summed E-state index contributed by atoms with van der Waals surface area (Å²) in [5, 5.41) is 8.63. The van der Waals surface area contributed by atoms with Gasteiger partial charge in [-0.15, -0.1) is 0 Å². The van der Waals surface area contributed by atoms with Gasteiger partial charge >= 0.3 is 0 Å². The van der Waals surface area contributed by atoms with E-state index < -0.39 is 0 Å². The molecular weight excluding hydrogens is 601 g/mol. The summed E-state index contributed by atoms with van der Waals surface area (Å²) >= 11 is 0. The van der Waals surface area contributed by atoms with Gasteiger partial charge in [0.2, 0.25) is 0 Å². The van der Waals surface area contributed by atoms with E-state index >= 15 is 0 Å². The largest absolute Gasteiger partial charge is 0.452 e. The number of hydrogen-bond acceptors (Lipinski definition) is 3. The van der Waals surface area contributed by atoms with Gasteiger partial charge < -0.3 is 13.2 Å².